The first kappa shape index (κ1) is 21.8. The molecule has 0 aromatic heterocycles. The molecule has 3 rings (SSSR count). The van der Waals surface area contributed by atoms with Gasteiger partial charge < -0.3 is 9.80 Å². The molecular weight excluding hydrogens is 388 g/mol. The first-order valence-electron chi connectivity index (χ1n) is 10.4. The molecule has 2 fully saturated rings. The maximum absolute atomic E-state index is 13.1. The van der Waals surface area contributed by atoms with Crippen molar-refractivity contribution in [3.05, 3.63) is 30.3 Å². The second-order valence-corrected chi connectivity index (χ2v) is 10.1. The van der Waals surface area contributed by atoms with E-state index in [1.165, 1.54) is 4.31 Å². The lowest BCUT2D eigenvalue weighted by atomic mass is 9.81. The maximum Gasteiger partial charge on any atom is 0.281 e. The summed E-state index contributed by atoms with van der Waals surface area (Å²) in [5, 5.41) is 9.76. The smallest absolute Gasteiger partial charge is 0.281 e. The molecule has 0 spiro atoms. The van der Waals surface area contributed by atoms with E-state index in [1.807, 2.05) is 6.92 Å². The van der Waals surface area contributed by atoms with E-state index in [0.717, 1.165) is 37.0 Å². The molecule has 7 nitrogen and oxygen atoms in total. The Balaban J connectivity index is 1.63. The summed E-state index contributed by atoms with van der Waals surface area (Å²) >= 11 is 0. The maximum atomic E-state index is 13.1. The third-order valence-corrected chi connectivity index (χ3v) is 8.50. The molecule has 1 heterocycles. The zero-order valence-electron chi connectivity index (χ0n) is 17.3. The highest BCUT2D eigenvalue weighted by Gasteiger charge is 2.43. The molecule has 1 saturated carbocycles. The van der Waals surface area contributed by atoms with Crippen LogP contribution in [0.25, 0.3) is 0 Å². The Hall–Kier alpha value is -1.95. The van der Waals surface area contributed by atoms with Gasteiger partial charge in [-0.05, 0) is 31.9 Å². The van der Waals surface area contributed by atoms with E-state index in [-0.39, 0.29) is 11.9 Å². The van der Waals surface area contributed by atoms with E-state index in [2.05, 4.69) is 6.07 Å². The predicted octanol–water partition coefficient (Wildman–Crippen LogP) is 0.649. The van der Waals surface area contributed by atoms with Gasteiger partial charge in [-0.2, -0.15) is 9.57 Å². The van der Waals surface area contributed by atoms with Crippen LogP contribution in [0.2, 0.25) is 0 Å². The lowest BCUT2D eigenvalue weighted by molar-refractivity contribution is -0.918. The zero-order chi connectivity index (χ0) is 21.1. The normalized spacial score (nSPS) is 21.8. The number of carbonyl (C=O) groups excluding carboxylic acids is 1. The van der Waals surface area contributed by atoms with Crippen molar-refractivity contribution in [3.8, 4) is 6.07 Å². The number of hydrogen-bond acceptors (Lipinski definition) is 4. The second-order valence-electron chi connectivity index (χ2n) is 8.20. The summed E-state index contributed by atoms with van der Waals surface area (Å²) in [4.78, 5) is 16.2. The molecule has 1 aliphatic carbocycles. The summed E-state index contributed by atoms with van der Waals surface area (Å²) in [6, 6.07) is 10.6. The highest BCUT2D eigenvalue weighted by molar-refractivity contribution is 7.89. The molecule has 1 aliphatic heterocycles. The molecule has 0 unspecified atom stereocenters. The van der Waals surface area contributed by atoms with Crippen molar-refractivity contribution in [3.63, 3.8) is 0 Å². The minimum absolute atomic E-state index is 0.0252. The van der Waals surface area contributed by atoms with Crippen LogP contribution in [0.3, 0.4) is 0 Å². The van der Waals surface area contributed by atoms with Crippen LogP contribution in [0.1, 0.15) is 39.0 Å². The van der Waals surface area contributed by atoms with Gasteiger partial charge in [-0.1, -0.05) is 37.5 Å². The van der Waals surface area contributed by atoms with Crippen LogP contribution < -0.4 is 4.90 Å². The number of quaternary nitrogens is 1. The summed E-state index contributed by atoms with van der Waals surface area (Å²) in [7, 11) is -1.74. The zero-order valence-corrected chi connectivity index (χ0v) is 18.1. The van der Waals surface area contributed by atoms with Gasteiger partial charge in [0.25, 0.3) is 5.91 Å². The number of likely N-dealkylation sites (N-methyl/N-ethyl adjacent to an activating group) is 1. The number of sulfonamides is 1. The third kappa shape index (κ3) is 4.32. The summed E-state index contributed by atoms with van der Waals surface area (Å²) in [5.41, 5.74) is -0.693. The summed E-state index contributed by atoms with van der Waals surface area (Å²) in [6.07, 6.45) is 4.53. The van der Waals surface area contributed by atoms with E-state index in [0.29, 0.717) is 31.1 Å². The number of nitrogens with one attached hydrogen (secondary N) is 1. The van der Waals surface area contributed by atoms with Crippen molar-refractivity contribution in [1.29, 1.82) is 5.26 Å². The first-order chi connectivity index (χ1) is 13.8. The first-order valence-corrected chi connectivity index (χ1v) is 11.8. The SMILES string of the molecule is C[C@H](C(=O)N(C)C1(C#N)CCCCC1)[NH+]1CCN(S(=O)(=O)c2ccccc2)CC1. The van der Waals surface area contributed by atoms with E-state index in [4.69, 9.17) is 0 Å². The molecule has 0 bridgehead atoms. The molecule has 158 valence electrons. The quantitative estimate of drug-likeness (QED) is 0.759. The van der Waals surface area contributed by atoms with Crippen LogP contribution in [-0.2, 0) is 14.8 Å². The van der Waals surface area contributed by atoms with Crippen molar-refractivity contribution in [2.75, 3.05) is 33.2 Å². The van der Waals surface area contributed by atoms with Crippen molar-refractivity contribution >= 4 is 15.9 Å². The second kappa shape index (κ2) is 8.82. The van der Waals surface area contributed by atoms with Gasteiger partial charge in [-0.25, -0.2) is 8.42 Å². The molecule has 2 aliphatic rings. The number of piperazine rings is 1. The Morgan fingerprint density at radius 1 is 1.17 bits per heavy atom. The summed E-state index contributed by atoms with van der Waals surface area (Å²) < 4.78 is 27.1. The number of amides is 1. The fourth-order valence-corrected chi connectivity index (χ4v) is 5.99. The van der Waals surface area contributed by atoms with Crippen LogP contribution in [0.5, 0.6) is 0 Å². The van der Waals surface area contributed by atoms with Gasteiger partial charge in [0.05, 0.1) is 37.1 Å². The number of nitriles is 1. The van der Waals surface area contributed by atoms with Crippen LogP contribution in [0.15, 0.2) is 35.2 Å². The minimum Gasteiger partial charge on any atom is -0.323 e. The van der Waals surface area contributed by atoms with Crippen LogP contribution in [0, 0.1) is 11.3 Å². The Kier molecular flexibility index (Phi) is 6.62. The van der Waals surface area contributed by atoms with Crippen LogP contribution in [-0.4, -0.2) is 68.3 Å². The molecule has 1 saturated heterocycles. The minimum atomic E-state index is -3.50. The molecule has 1 aromatic rings. The fourth-order valence-electron chi connectivity index (χ4n) is 4.52. The van der Waals surface area contributed by atoms with Gasteiger partial charge in [0, 0.05) is 7.05 Å². The van der Waals surface area contributed by atoms with Gasteiger partial charge in [-0.3, -0.25) is 4.79 Å². The molecule has 8 heteroatoms. The van der Waals surface area contributed by atoms with Crippen LogP contribution in [0.4, 0.5) is 0 Å². The number of nitrogens with zero attached hydrogens (tertiary/aromatic N) is 3. The molecular formula is C21H31N4O3S+. The molecule has 0 radical (unpaired) electrons. The molecule has 1 aromatic carbocycles. The van der Waals surface area contributed by atoms with Gasteiger partial charge in [-0.15, -0.1) is 0 Å². The third-order valence-electron chi connectivity index (χ3n) is 6.59. The van der Waals surface area contributed by atoms with Gasteiger partial charge >= 0.3 is 0 Å². The Morgan fingerprint density at radius 3 is 2.31 bits per heavy atom. The largest absolute Gasteiger partial charge is 0.323 e. The summed E-state index contributed by atoms with van der Waals surface area (Å²) in [5.74, 6) is -0.0252. The van der Waals surface area contributed by atoms with Crippen molar-refractivity contribution < 1.29 is 18.1 Å². The topological polar surface area (TPSA) is 85.9 Å². The molecule has 1 atom stereocenters. The monoisotopic (exact) mass is 419 g/mol. The van der Waals surface area contributed by atoms with E-state index in [1.54, 1.807) is 42.3 Å². The fraction of sp³-hybridized carbons (Fsp3) is 0.619. The van der Waals surface area contributed by atoms with Crippen molar-refractivity contribution in [1.82, 2.24) is 9.21 Å². The Morgan fingerprint density at radius 2 is 1.76 bits per heavy atom. The van der Waals surface area contributed by atoms with E-state index in [9.17, 15) is 18.5 Å². The summed E-state index contributed by atoms with van der Waals surface area (Å²) in [6.45, 7) is 3.82. The average Bonchev–Trinajstić information content (AvgIpc) is 2.78. The predicted molar refractivity (Wildman–Crippen MR) is 110 cm³/mol. The standard InChI is InChI=1S/C21H30N4O3S/c1-18(20(26)23(2)21(17-22)11-7-4-8-12-21)24-13-15-25(16-14-24)29(27,28)19-9-5-3-6-10-19/h3,5-6,9-10,18H,4,7-8,11-16H2,1-2H3/p+1/t18-/m1/s1. The lowest BCUT2D eigenvalue weighted by Crippen LogP contribution is -3.19. The number of rotatable bonds is 5. The van der Waals surface area contributed by atoms with Crippen molar-refractivity contribution in [2.45, 2.75) is 55.5 Å². The highest BCUT2D eigenvalue weighted by Crippen LogP contribution is 2.32. The number of benzene rings is 1. The van der Waals surface area contributed by atoms with E-state index >= 15 is 0 Å². The Labute approximate surface area is 173 Å². The van der Waals surface area contributed by atoms with E-state index < -0.39 is 15.6 Å². The van der Waals surface area contributed by atoms with Gasteiger partial charge in [0.1, 0.15) is 5.54 Å². The number of hydrogen-bond donors (Lipinski definition) is 1. The van der Waals surface area contributed by atoms with Gasteiger partial charge in [0.2, 0.25) is 10.0 Å². The molecule has 29 heavy (non-hydrogen) atoms. The van der Waals surface area contributed by atoms with Crippen molar-refractivity contribution in [2.24, 2.45) is 0 Å². The molecule has 1 N–H and O–H groups in total. The highest BCUT2D eigenvalue weighted by atomic mass is 32.2. The van der Waals surface area contributed by atoms with Gasteiger partial charge in [0.15, 0.2) is 6.04 Å². The average molecular weight is 420 g/mol. The Bertz CT molecular complexity index is 852. The lowest BCUT2D eigenvalue weighted by Gasteiger charge is -2.41. The molecule has 1 amide bonds. The number of carbonyl (C=O) groups is 1. The van der Waals surface area contributed by atoms with Crippen LogP contribution >= 0.6 is 0 Å².